The zero-order valence-corrected chi connectivity index (χ0v) is 13.4. The summed E-state index contributed by atoms with van der Waals surface area (Å²) in [5, 5.41) is 9.75. The monoisotopic (exact) mass is 349 g/mol. The van der Waals surface area contributed by atoms with Crippen molar-refractivity contribution in [3.05, 3.63) is 47.5 Å². The van der Waals surface area contributed by atoms with Gasteiger partial charge in [-0.05, 0) is 42.5 Å². The minimum absolute atomic E-state index is 0.0352. The molecule has 3 rings (SSSR count). The van der Waals surface area contributed by atoms with Gasteiger partial charge in [-0.3, -0.25) is 4.79 Å². The highest BCUT2D eigenvalue weighted by Gasteiger charge is 2.07. The summed E-state index contributed by atoms with van der Waals surface area (Å²) in [6, 6.07) is 12.4. The summed E-state index contributed by atoms with van der Waals surface area (Å²) in [4.78, 5) is 14.8. The second kappa shape index (κ2) is 6.85. The van der Waals surface area contributed by atoms with E-state index < -0.39 is 5.97 Å². The molecule has 0 unspecified atom stereocenters. The lowest BCUT2D eigenvalue weighted by atomic mass is 10.3. The number of nitrogens with zero attached hydrogens (tertiary/aromatic N) is 1. The van der Waals surface area contributed by atoms with Gasteiger partial charge in [-0.25, -0.2) is 4.98 Å². The van der Waals surface area contributed by atoms with E-state index >= 15 is 0 Å². The lowest BCUT2D eigenvalue weighted by Crippen LogP contribution is -2.04. The van der Waals surface area contributed by atoms with Crippen LogP contribution >= 0.6 is 22.9 Å². The van der Waals surface area contributed by atoms with Gasteiger partial charge in [0.15, 0.2) is 0 Å². The number of ether oxygens (including phenoxy) is 2. The highest BCUT2D eigenvalue weighted by atomic mass is 35.5. The first-order valence-corrected chi connectivity index (χ1v) is 7.98. The predicted octanol–water partition coefficient (Wildman–Crippen LogP) is 4.60. The summed E-state index contributed by atoms with van der Waals surface area (Å²) >= 11 is 7.37. The maximum Gasteiger partial charge on any atom is 0.306 e. The molecular formula is C16H12ClNO4S. The Balaban J connectivity index is 1.66. The molecule has 2 aromatic carbocycles. The first-order chi connectivity index (χ1) is 11.1. The van der Waals surface area contributed by atoms with E-state index in [-0.39, 0.29) is 13.0 Å². The number of hydrogen-bond donors (Lipinski definition) is 1. The Hall–Kier alpha value is -2.31. The minimum atomic E-state index is -0.888. The minimum Gasteiger partial charge on any atom is -0.493 e. The Morgan fingerprint density at radius 1 is 1.17 bits per heavy atom. The van der Waals surface area contributed by atoms with Crippen molar-refractivity contribution in [2.45, 2.75) is 6.42 Å². The van der Waals surface area contributed by atoms with E-state index in [9.17, 15) is 4.79 Å². The van der Waals surface area contributed by atoms with E-state index in [0.717, 1.165) is 10.2 Å². The van der Waals surface area contributed by atoms with Gasteiger partial charge in [0, 0.05) is 5.02 Å². The van der Waals surface area contributed by atoms with Crippen LogP contribution in [0.2, 0.25) is 5.02 Å². The number of carboxylic acids is 1. The Morgan fingerprint density at radius 2 is 1.91 bits per heavy atom. The summed E-state index contributed by atoms with van der Waals surface area (Å²) in [6.07, 6.45) is -0.0352. The number of carbonyl (C=O) groups is 1. The number of halogens is 1. The molecule has 0 atom stereocenters. The van der Waals surface area contributed by atoms with Gasteiger partial charge in [0.2, 0.25) is 0 Å². The van der Waals surface area contributed by atoms with E-state index in [0.29, 0.717) is 21.7 Å². The van der Waals surface area contributed by atoms with Crippen LogP contribution in [-0.4, -0.2) is 22.7 Å². The van der Waals surface area contributed by atoms with Crippen molar-refractivity contribution >= 4 is 39.1 Å². The van der Waals surface area contributed by atoms with E-state index in [4.69, 9.17) is 26.2 Å². The first-order valence-electron chi connectivity index (χ1n) is 6.79. The Labute approximate surface area is 141 Å². The van der Waals surface area contributed by atoms with Crippen molar-refractivity contribution in [2.24, 2.45) is 0 Å². The molecule has 118 valence electrons. The van der Waals surface area contributed by atoms with Crippen molar-refractivity contribution in [3.8, 4) is 16.7 Å². The molecule has 3 aromatic rings. The molecule has 0 aliphatic rings. The average molecular weight is 350 g/mol. The number of thiazole rings is 1. The van der Waals surface area contributed by atoms with Crippen LogP contribution in [0.25, 0.3) is 10.2 Å². The summed E-state index contributed by atoms with van der Waals surface area (Å²) in [6.45, 7) is 0.133. The Morgan fingerprint density at radius 3 is 2.65 bits per heavy atom. The number of aromatic nitrogens is 1. The predicted molar refractivity (Wildman–Crippen MR) is 88.9 cm³/mol. The molecule has 0 amide bonds. The fourth-order valence-electron chi connectivity index (χ4n) is 1.88. The van der Waals surface area contributed by atoms with Gasteiger partial charge in [-0.1, -0.05) is 22.9 Å². The topological polar surface area (TPSA) is 68.7 Å². The number of benzene rings is 2. The van der Waals surface area contributed by atoms with E-state index in [1.807, 2.05) is 12.1 Å². The zero-order valence-electron chi connectivity index (χ0n) is 11.9. The normalized spacial score (nSPS) is 10.7. The fraction of sp³-hybridized carbons (Fsp3) is 0.125. The summed E-state index contributed by atoms with van der Waals surface area (Å²) in [5.41, 5.74) is 0.836. The van der Waals surface area contributed by atoms with E-state index in [1.165, 1.54) is 11.3 Å². The maximum atomic E-state index is 10.4. The average Bonchev–Trinajstić information content (AvgIpc) is 2.90. The van der Waals surface area contributed by atoms with Crippen LogP contribution in [0, 0.1) is 0 Å². The van der Waals surface area contributed by atoms with Crippen LogP contribution in [0.5, 0.6) is 16.7 Å². The molecule has 0 radical (unpaired) electrons. The number of fused-ring (bicyclic) bond motifs is 1. The number of hydrogen-bond acceptors (Lipinski definition) is 5. The maximum absolute atomic E-state index is 10.4. The van der Waals surface area contributed by atoms with Gasteiger partial charge >= 0.3 is 5.97 Å². The Bertz CT molecular complexity index is 832. The molecule has 1 N–H and O–H groups in total. The molecule has 7 heteroatoms. The third kappa shape index (κ3) is 4.12. The molecule has 0 aliphatic carbocycles. The molecular weight excluding hydrogens is 338 g/mol. The number of aliphatic carboxylic acids is 1. The Kier molecular flexibility index (Phi) is 4.64. The summed E-state index contributed by atoms with van der Waals surface area (Å²) in [5.74, 6) is 0.330. The van der Waals surface area contributed by atoms with Gasteiger partial charge in [-0.15, -0.1) is 0 Å². The molecule has 0 fully saturated rings. The first kappa shape index (κ1) is 15.6. The highest BCUT2D eigenvalue weighted by Crippen LogP contribution is 2.33. The number of rotatable bonds is 6. The van der Waals surface area contributed by atoms with Crippen molar-refractivity contribution < 1.29 is 19.4 Å². The zero-order chi connectivity index (χ0) is 16.2. The standard InChI is InChI=1S/C16H12ClNO4S/c17-10-1-6-13-14(9-10)23-16(18-13)22-12-4-2-11(3-5-12)21-8-7-15(19)20/h1-6,9H,7-8H2,(H,19,20). The lowest BCUT2D eigenvalue weighted by molar-refractivity contribution is -0.137. The second-order valence-electron chi connectivity index (χ2n) is 4.66. The smallest absolute Gasteiger partial charge is 0.306 e. The lowest BCUT2D eigenvalue weighted by Gasteiger charge is -2.05. The van der Waals surface area contributed by atoms with Crippen molar-refractivity contribution in [1.29, 1.82) is 0 Å². The molecule has 0 bridgehead atoms. The molecule has 0 aliphatic heterocycles. The van der Waals surface area contributed by atoms with Crippen LogP contribution in [0.4, 0.5) is 0 Å². The molecule has 0 spiro atoms. The van der Waals surface area contributed by atoms with Crippen LogP contribution in [0.15, 0.2) is 42.5 Å². The van der Waals surface area contributed by atoms with Crippen molar-refractivity contribution in [2.75, 3.05) is 6.61 Å². The van der Waals surface area contributed by atoms with Crippen molar-refractivity contribution in [1.82, 2.24) is 4.98 Å². The SMILES string of the molecule is O=C(O)CCOc1ccc(Oc2nc3ccc(Cl)cc3s2)cc1. The van der Waals surface area contributed by atoms with Crippen LogP contribution < -0.4 is 9.47 Å². The third-order valence-corrected chi connectivity index (χ3v) is 4.08. The summed E-state index contributed by atoms with van der Waals surface area (Å²) in [7, 11) is 0. The number of carboxylic acid groups (broad SMARTS) is 1. The quantitative estimate of drug-likeness (QED) is 0.704. The van der Waals surface area contributed by atoms with Gasteiger partial charge in [0.1, 0.15) is 11.5 Å². The van der Waals surface area contributed by atoms with Crippen molar-refractivity contribution in [3.63, 3.8) is 0 Å². The molecule has 5 nitrogen and oxygen atoms in total. The van der Waals surface area contributed by atoms with Gasteiger partial charge in [-0.2, -0.15) is 0 Å². The van der Waals surface area contributed by atoms with Crippen LogP contribution in [0.3, 0.4) is 0 Å². The fourth-order valence-corrected chi connectivity index (χ4v) is 2.99. The molecule has 1 heterocycles. The second-order valence-corrected chi connectivity index (χ2v) is 6.09. The molecule has 23 heavy (non-hydrogen) atoms. The summed E-state index contributed by atoms with van der Waals surface area (Å²) < 4.78 is 12.0. The van der Waals surface area contributed by atoms with E-state index in [1.54, 1.807) is 30.3 Å². The van der Waals surface area contributed by atoms with Crippen LogP contribution in [0.1, 0.15) is 6.42 Å². The molecule has 1 aromatic heterocycles. The van der Waals surface area contributed by atoms with Gasteiger partial charge < -0.3 is 14.6 Å². The van der Waals surface area contributed by atoms with Crippen LogP contribution in [-0.2, 0) is 4.79 Å². The molecule has 0 saturated carbocycles. The highest BCUT2D eigenvalue weighted by molar-refractivity contribution is 7.20. The largest absolute Gasteiger partial charge is 0.493 e. The van der Waals surface area contributed by atoms with Gasteiger partial charge in [0.05, 0.1) is 23.2 Å². The molecule has 0 saturated heterocycles. The third-order valence-electron chi connectivity index (χ3n) is 2.94. The van der Waals surface area contributed by atoms with E-state index in [2.05, 4.69) is 4.98 Å². The van der Waals surface area contributed by atoms with Gasteiger partial charge in [0.25, 0.3) is 5.19 Å².